The van der Waals surface area contributed by atoms with Crippen LogP contribution in [0.25, 0.3) is 11.2 Å². The third-order valence-corrected chi connectivity index (χ3v) is 5.77. The lowest BCUT2D eigenvalue weighted by molar-refractivity contribution is -0.137. The van der Waals surface area contributed by atoms with Crippen molar-refractivity contribution in [3.63, 3.8) is 0 Å². The second-order valence-corrected chi connectivity index (χ2v) is 8.46. The molecule has 13 heteroatoms. The highest BCUT2D eigenvalue weighted by Crippen LogP contribution is 2.31. The molecule has 196 valence electrons. The lowest BCUT2D eigenvalue weighted by Gasteiger charge is -2.12. The van der Waals surface area contributed by atoms with Crippen LogP contribution in [0, 0.1) is 0 Å². The van der Waals surface area contributed by atoms with E-state index in [-0.39, 0.29) is 49.2 Å². The molecular formula is C24H22ClF3N4O5. The molecule has 37 heavy (non-hydrogen) atoms. The Labute approximate surface area is 212 Å². The molecule has 0 aliphatic carbocycles. The molecule has 0 radical (unpaired) electrons. The molecule has 0 aliphatic rings. The number of alkyl halides is 3. The van der Waals surface area contributed by atoms with Crippen molar-refractivity contribution in [2.75, 3.05) is 19.8 Å². The van der Waals surface area contributed by atoms with E-state index in [2.05, 4.69) is 4.98 Å². The zero-order chi connectivity index (χ0) is 26.7. The Morgan fingerprint density at radius 3 is 2.41 bits per heavy atom. The van der Waals surface area contributed by atoms with E-state index in [9.17, 15) is 27.9 Å². The van der Waals surface area contributed by atoms with Gasteiger partial charge >= 0.3 is 11.9 Å². The molecule has 0 fully saturated rings. The first-order valence-electron chi connectivity index (χ1n) is 11.1. The smallest absolute Gasteiger partial charge is 0.416 e. The highest BCUT2D eigenvalue weighted by atomic mass is 35.5. The van der Waals surface area contributed by atoms with E-state index in [0.717, 1.165) is 22.3 Å². The third-order valence-electron chi connectivity index (χ3n) is 5.52. The van der Waals surface area contributed by atoms with Gasteiger partial charge in [0.25, 0.3) is 11.6 Å². The number of nitrogens with zero attached hydrogens (tertiary/aromatic N) is 4. The summed E-state index contributed by atoms with van der Waals surface area (Å²) in [6.07, 6.45) is -4.50. The van der Waals surface area contributed by atoms with Crippen LogP contribution in [0.5, 0.6) is 11.8 Å². The number of aromatic nitrogens is 4. The van der Waals surface area contributed by atoms with Gasteiger partial charge in [0.15, 0.2) is 11.2 Å². The highest BCUT2D eigenvalue weighted by molar-refractivity contribution is 6.30. The molecule has 0 amide bonds. The first-order chi connectivity index (χ1) is 17.6. The molecule has 4 rings (SSSR count). The quantitative estimate of drug-likeness (QED) is 0.329. The number of aryl methyl sites for hydroxylation is 1. The Morgan fingerprint density at radius 1 is 1.03 bits per heavy atom. The van der Waals surface area contributed by atoms with Gasteiger partial charge in [-0.05, 0) is 35.9 Å². The fourth-order valence-corrected chi connectivity index (χ4v) is 3.86. The van der Waals surface area contributed by atoms with Crippen LogP contribution < -0.4 is 20.7 Å². The van der Waals surface area contributed by atoms with Crippen LogP contribution in [0.15, 0.2) is 58.1 Å². The van der Waals surface area contributed by atoms with Crippen LogP contribution in [-0.2, 0) is 26.3 Å². The van der Waals surface area contributed by atoms with Crippen LogP contribution in [-0.4, -0.2) is 43.6 Å². The number of benzene rings is 2. The summed E-state index contributed by atoms with van der Waals surface area (Å²) in [5.74, 6) is 0.0161. The molecule has 0 saturated carbocycles. The Hall–Kier alpha value is -3.77. The molecule has 0 aliphatic heterocycles. The van der Waals surface area contributed by atoms with Gasteiger partial charge in [-0.2, -0.15) is 18.2 Å². The van der Waals surface area contributed by atoms with Crippen LogP contribution in [0.2, 0.25) is 5.02 Å². The fourth-order valence-electron chi connectivity index (χ4n) is 3.73. The maximum Gasteiger partial charge on any atom is 0.416 e. The van der Waals surface area contributed by atoms with E-state index < -0.39 is 29.6 Å². The summed E-state index contributed by atoms with van der Waals surface area (Å²) < 4.78 is 53.5. The molecule has 4 aromatic rings. The zero-order valence-electron chi connectivity index (χ0n) is 19.5. The number of hydrogen-bond acceptors (Lipinski definition) is 6. The van der Waals surface area contributed by atoms with Gasteiger partial charge in [-0.15, -0.1) is 0 Å². The summed E-state index contributed by atoms with van der Waals surface area (Å²) in [5, 5.41) is 9.85. The fraction of sp³-hybridized carbons (Fsp3) is 0.292. The number of rotatable bonds is 9. The van der Waals surface area contributed by atoms with E-state index in [0.29, 0.717) is 5.02 Å². The topological polar surface area (TPSA) is 101 Å². The third kappa shape index (κ3) is 5.65. The highest BCUT2D eigenvalue weighted by Gasteiger charge is 2.30. The van der Waals surface area contributed by atoms with Crippen molar-refractivity contribution in [2.24, 2.45) is 7.05 Å². The van der Waals surface area contributed by atoms with Crippen molar-refractivity contribution in [1.82, 2.24) is 18.7 Å². The van der Waals surface area contributed by atoms with Crippen LogP contribution in [0.3, 0.4) is 0 Å². The van der Waals surface area contributed by atoms with E-state index in [1.165, 1.54) is 28.3 Å². The average Bonchev–Trinajstić information content (AvgIpc) is 3.22. The van der Waals surface area contributed by atoms with E-state index in [1.807, 2.05) is 0 Å². The molecule has 2 heterocycles. The standard InChI is InChI=1S/C24H22ClF3N4O5/c1-30-20-19(21(34)31(9-10-33)23(30)35)32(14-15-5-7-17(25)8-6-15)22(29-20)37-12-11-36-18-4-2-3-16(13-18)24(26,27)28/h2-8,13,33H,9-12,14H2,1H3. The van der Waals surface area contributed by atoms with E-state index in [1.54, 1.807) is 24.3 Å². The first kappa shape index (κ1) is 26.3. The predicted octanol–water partition coefficient (Wildman–Crippen LogP) is 3.07. The van der Waals surface area contributed by atoms with Gasteiger partial charge in [0.2, 0.25) is 0 Å². The second kappa shape index (κ2) is 10.7. The summed E-state index contributed by atoms with van der Waals surface area (Å²) in [6, 6.07) is 11.3. The van der Waals surface area contributed by atoms with Crippen molar-refractivity contribution in [2.45, 2.75) is 19.3 Å². The average molecular weight is 539 g/mol. The summed E-state index contributed by atoms with van der Waals surface area (Å²) >= 11 is 5.97. The van der Waals surface area contributed by atoms with Gasteiger partial charge in [-0.25, -0.2) is 4.79 Å². The van der Waals surface area contributed by atoms with Gasteiger partial charge in [0.05, 0.1) is 25.3 Å². The van der Waals surface area contributed by atoms with E-state index >= 15 is 0 Å². The van der Waals surface area contributed by atoms with Crippen molar-refractivity contribution in [3.8, 4) is 11.8 Å². The number of halogens is 4. The van der Waals surface area contributed by atoms with Crippen LogP contribution in [0.1, 0.15) is 11.1 Å². The number of aliphatic hydroxyl groups is 1. The maximum atomic E-state index is 13.2. The van der Waals surface area contributed by atoms with Gasteiger partial charge in [0.1, 0.15) is 19.0 Å². The minimum Gasteiger partial charge on any atom is -0.490 e. The van der Waals surface area contributed by atoms with Crippen molar-refractivity contribution < 1.29 is 27.8 Å². The van der Waals surface area contributed by atoms with Gasteiger partial charge in [-0.3, -0.25) is 18.5 Å². The molecule has 2 aromatic heterocycles. The molecule has 1 N–H and O–H groups in total. The Bertz CT molecular complexity index is 1530. The van der Waals surface area contributed by atoms with Crippen LogP contribution >= 0.6 is 11.6 Å². The van der Waals surface area contributed by atoms with Gasteiger partial charge in [-0.1, -0.05) is 29.8 Å². The largest absolute Gasteiger partial charge is 0.490 e. The van der Waals surface area contributed by atoms with Crippen molar-refractivity contribution in [3.05, 3.63) is 85.5 Å². The maximum absolute atomic E-state index is 13.2. The zero-order valence-corrected chi connectivity index (χ0v) is 20.3. The molecule has 0 atom stereocenters. The summed E-state index contributed by atoms with van der Waals surface area (Å²) in [7, 11) is 1.44. The Morgan fingerprint density at radius 2 is 1.73 bits per heavy atom. The second-order valence-electron chi connectivity index (χ2n) is 8.02. The molecule has 0 bridgehead atoms. The first-order valence-corrected chi connectivity index (χ1v) is 11.5. The van der Waals surface area contributed by atoms with Gasteiger partial charge < -0.3 is 14.6 Å². The lowest BCUT2D eigenvalue weighted by Crippen LogP contribution is -2.40. The number of fused-ring (bicyclic) bond motifs is 1. The molecule has 0 saturated heterocycles. The molecule has 2 aromatic carbocycles. The summed E-state index contributed by atoms with van der Waals surface area (Å²) in [4.78, 5) is 30.2. The van der Waals surface area contributed by atoms with E-state index in [4.69, 9.17) is 21.1 Å². The van der Waals surface area contributed by atoms with Crippen molar-refractivity contribution >= 4 is 22.8 Å². The number of ether oxygens (including phenoxy) is 2. The normalized spacial score (nSPS) is 11.7. The summed E-state index contributed by atoms with van der Waals surface area (Å²) in [6.45, 7) is -0.695. The van der Waals surface area contributed by atoms with Crippen molar-refractivity contribution in [1.29, 1.82) is 0 Å². The van der Waals surface area contributed by atoms with Crippen LogP contribution in [0.4, 0.5) is 13.2 Å². The predicted molar refractivity (Wildman–Crippen MR) is 129 cm³/mol. The number of aliphatic hydroxyl groups excluding tert-OH is 1. The lowest BCUT2D eigenvalue weighted by atomic mass is 10.2. The Kier molecular flexibility index (Phi) is 7.60. The minimum atomic E-state index is -4.50. The molecule has 0 spiro atoms. The summed E-state index contributed by atoms with van der Waals surface area (Å²) in [5.41, 5.74) is -1.22. The molecular weight excluding hydrogens is 517 g/mol. The van der Waals surface area contributed by atoms with Gasteiger partial charge in [0, 0.05) is 12.1 Å². The number of imidazole rings is 1. The monoisotopic (exact) mass is 538 g/mol. The molecule has 0 unspecified atom stereocenters. The Balaban J connectivity index is 1.64. The number of hydrogen-bond donors (Lipinski definition) is 1. The molecule has 9 nitrogen and oxygen atoms in total. The minimum absolute atomic E-state index is 0.00596. The SMILES string of the molecule is Cn1c(=O)n(CCO)c(=O)c2c1nc(OCCOc1cccc(C(F)(F)F)c1)n2Cc1ccc(Cl)cc1.